The van der Waals surface area contributed by atoms with Crippen LogP contribution in [0.2, 0.25) is 5.02 Å². The zero-order valence-corrected chi connectivity index (χ0v) is 12.5. The number of methoxy groups -OCH3 is 1. The number of carboxylic acids is 1. The fraction of sp³-hybridized carbons (Fsp3) is 0.154. The molecule has 2 N–H and O–H groups in total. The number of ether oxygens (including phenoxy) is 1. The maximum atomic E-state index is 12.1. The highest BCUT2D eigenvalue weighted by Crippen LogP contribution is 2.22. The minimum Gasteiger partial charge on any atom is -0.496 e. The van der Waals surface area contributed by atoms with E-state index in [0.717, 1.165) is 11.3 Å². The fourth-order valence-electron chi connectivity index (χ4n) is 1.60. The minimum absolute atomic E-state index is 0.0374. The Balaban J connectivity index is 2.07. The number of hydrogen-bond donors (Lipinski definition) is 2. The molecule has 0 radical (unpaired) electrons. The van der Waals surface area contributed by atoms with E-state index >= 15 is 0 Å². The molecule has 1 heterocycles. The van der Waals surface area contributed by atoms with Gasteiger partial charge in [0, 0.05) is 10.4 Å². The topological polar surface area (TPSA) is 88.5 Å². The molecule has 2 aromatic rings. The summed E-state index contributed by atoms with van der Waals surface area (Å²) in [6, 6.07) is 4.72. The molecule has 0 saturated carbocycles. The Hall–Kier alpha value is -2.12. The average molecular weight is 327 g/mol. The number of carboxylic acid groups (broad SMARTS) is 1. The zero-order valence-electron chi connectivity index (χ0n) is 10.9. The second kappa shape index (κ2) is 6.55. The Kier molecular flexibility index (Phi) is 4.77. The predicted octanol–water partition coefficient (Wildman–Crippen LogP) is 2.43. The highest BCUT2D eigenvalue weighted by Gasteiger charge is 2.14. The number of nitrogens with zero attached hydrogens (tertiary/aromatic N) is 1. The first-order chi connectivity index (χ1) is 10.0. The van der Waals surface area contributed by atoms with E-state index in [0.29, 0.717) is 21.3 Å². The summed E-state index contributed by atoms with van der Waals surface area (Å²) in [5.74, 6) is -1.07. The van der Waals surface area contributed by atoms with Crippen LogP contribution in [0, 0.1) is 0 Å². The van der Waals surface area contributed by atoms with Crippen LogP contribution in [0.3, 0.4) is 0 Å². The third-order valence-electron chi connectivity index (χ3n) is 2.58. The van der Waals surface area contributed by atoms with Crippen LogP contribution in [-0.2, 0) is 6.54 Å². The largest absolute Gasteiger partial charge is 0.496 e. The van der Waals surface area contributed by atoms with E-state index in [1.807, 2.05) is 0 Å². The van der Waals surface area contributed by atoms with Gasteiger partial charge in [-0.05, 0) is 18.2 Å². The van der Waals surface area contributed by atoms with Crippen LogP contribution in [-0.4, -0.2) is 29.1 Å². The number of carbonyl (C=O) groups is 2. The molecule has 0 aliphatic carbocycles. The van der Waals surface area contributed by atoms with E-state index in [1.54, 1.807) is 12.1 Å². The van der Waals surface area contributed by atoms with Crippen LogP contribution in [0.15, 0.2) is 23.6 Å². The van der Waals surface area contributed by atoms with Crippen molar-refractivity contribution in [2.45, 2.75) is 6.54 Å². The first kappa shape index (κ1) is 15.3. The summed E-state index contributed by atoms with van der Waals surface area (Å²) in [4.78, 5) is 26.7. The smallest absolute Gasteiger partial charge is 0.355 e. The van der Waals surface area contributed by atoms with E-state index in [1.165, 1.54) is 18.6 Å². The van der Waals surface area contributed by atoms with Gasteiger partial charge in [0.1, 0.15) is 10.8 Å². The van der Waals surface area contributed by atoms with Crippen LogP contribution in [0.4, 0.5) is 0 Å². The van der Waals surface area contributed by atoms with E-state index in [2.05, 4.69) is 10.3 Å². The SMILES string of the molecule is COc1ccc(Cl)cc1C(=O)NCc1nc(C(=O)O)cs1. The van der Waals surface area contributed by atoms with Gasteiger partial charge < -0.3 is 15.2 Å². The number of benzene rings is 1. The first-order valence-electron chi connectivity index (χ1n) is 5.80. The van der Waals surface area contributed by atoms with Crippen molar-refractivity contribution in [2.24, 2.45) is 0 Å². The molecule has 0 spiro atoms. The number of aromatic nitrogens is 1. The van der Waals surface area contributed by atoms with Crippen LogP contribution < -0.4 is 10.1 Å². The monoisotopic (exact) mass is 326 g/mol. The maximum Gasteiger partial charge on any atom is 0.355 e. The molecule has 110 valence electrons. The quantitative estimate of drug-likeness (QED) is 0.881. The number of halogens is 1. The van der Waals surface area contributed by atoms with Gasteiger partial charge in [-0.2, -0.15) is 0 Å². The minimum atomic E-state index is -1.10. The van der Waals surface area contributed by atoms with Gasteiger partial charge in [-0.15, -0.1) is 11.3 Å². The lowest BCUT2D eigenvalue weighted by atomic mass is 10.2. The number of amides is 1. The Labute approximate surface area is 129 Å². The molecule has 0 unspecified atom stereocenters. The van der Waals surface area contributed by atoms with Gasteiger partial charge in [0.2, 0.25) is 0 Å². The van der Waals surface area contributed by atoms with Crippen LogP contribution in [0.25, 0.3) is 0 Å². The van der Waals surface area contributed by atoms with Crippen molar-refractivity contribution in [3.63, 3.8) is 0 Å². The molecule has 0 fully saturated rings. The summed E-state index contributed by atoms with van der Waals surface area (Å²) < 4.78 is 5.10. The van der Waals surface area contributed by atoms with E-state index in [4.69, 9.17) is 21.4 Å². The Morgan fingerprint density at radius 2 is 2.24 bits per heavy atom. The van der Waals surface area contributed by atoms with Crippen molar-refractivity contribution in [3.05, 3.63) is 44.9 Å². The van der Waals surface area contributed by atoms with E-state index in [-0.39, 0.29) is 18.1 Å². The summed E-state index contributed by atoms with van der Waals surface area (Å²) in [6.45, 7) is 0.131. The number of rotatable bonds is 5. The van der Waals surface area contributed by atoms with Crippen LogP contribution in [0.5, 0.6) is 5.75 Å². The van der Waals surface area contributed by atoms with Crippen LogP contribution >= 0.6 is 22.9 Å². The summed E-state index contributed by atoms with van der Waals surface area (Å²) in [5, 5.41) is 13.8. The van der Waals surface area contributed by atoms with Gasteiger partial charge in [-0.1, -0.05) is 11.6 Å². The Bertz CT molecular complexity index is 687. The molecule has 6 nitrogen and oxygen atoms in total. The maximum absolute atomic E-state index is 12.1. The number of thiazole rings is 1. The fourth-order valence-corrected chi connectivity index (χ4v) is 2.48. The summed E-state index contributed by atoms with van der Waals surface area (Å²) in [7, 11) is 1.46. The normalized spacial score (nSPS) is 10.2. The van der Waals surface area contributed by atoms with Crippen molar-refractivity contribution in [3.8, 4) is 5.75 Å². The molecule has 0 atom stereocenters. The van der Waals surface area contributed by atoms with Crippen molar-refractivity contribution >= 4 is 34.8 Å². The van der Waals surface area contributed by atoms with Gasteiger partial charge in [0.25, 0.3) is 5.91 Å². The van der Waals surface area contributed by atoms with Gasteiger partial charge in [0.05, 0.1) is 19.2 Å². The van der Waals surface area contributed by atoms with Gasteiger partial charge in [0.15, 0.2) is 5.69 Å². The lowest BCUT2D eigenvalue weighted by Crippen LogP contribution is -2.23. The van der Waals surface area contributed by atoms with Crippen molar-refractivity contribution < 1.29 is 19.4 Å². The molecule has 0 bridgehead atoms. The summed E-state index contributed by atoms with van der Waals surface area (Å²) in [5.41, 5.74) is 0.268. The molecule has 21 heavy (non-hydrogen) atoms. The molecular formula is C13H11ClN2O4S. The number of aromatic carboxylic acids is 1. The standard InChI is InChI=1S/C13H11ClN2O4S/c1-20-10-3-2-7(14)4-8(10)12(17)15-5-11-16-9(6-21-11)13(18)19/h2-4,6H,5H2,1H3,(H,15,17)(H,18,19). The molecule has 0 aliphatic rings. The Morgan fingerprint density at radius 1 is 1.48 bits per heavy atom. The van der Waals surface area contributed by atoms with Crippen molar-refractivity contribution in [1.82, 2.24) is 10.3 Å². The van der Waals surface area contributed by atoms with E-state index in [9.17, 15) is 9.59 Å². The highest BCUT2D eigenvalue weighted by atomic mass is 35.5. The summed E-state index contributed by atoms with van der Waals surface area (Å²) in [6.07, 6.45) is 0. The molecule has 1 amide bonds. The molecule has 8 heteroatoms. The molecule has 2 rings (SSSR count). The van der Waals surface area contributed by atoms with Crippen molar-refractivity contribution in [1.29, 1.82) is 0 Å². The molecule has 1 aromatic carbocycles. The molecule has 0 saturated heterocycles. The second-order valence-corrected chi connectivity index (χ2v) is 5.34. The number of carbonyl (C=O) groups excluding carboxylic acids is 1. The average Bonchev–Trinajstić information content (AvgIpc) is 2.94. The number of nitrogens with one attached hydrogen (secondary N) is 1. The molecule has 1 aromatic heterocycles. The second-order valence-electron chi connectivity index (χ2n) is 3.96. The lowest BCUT2D eigenvalue weighted by Gasteiger charge is -2.08. The third-order valence-corrected chi connectivity index (χ3v) is 3.66. The van der Waals surface area contributed by atoms with Crippen molar-refractivity contribution in [2.75, 3.05) is 7.11 Å². The highest BCUT2D eigenvalue weighted by molar-refractivity contribution is 7.09. The third kappa shape index (κ3) is 3.71. The molecule has 0 aliphatic heterocycles. The zero-order chi connectivity index (χ0) is 15.4. The number of hydrogen-bond acceptors (Lipinski definition) is 5. The first-order valence-corrected chi connectivity index (χ1v) is 7.06. The Morgan fingerprint density at radius 3 is 2.86 bits per heavy atom. The van der Waals surface area contributed by atoms with Gasteiger partial charge in [-0.25, -0.2) is 9.78 Å². The summed E-state index contributed by atoms with van der Waals surface area (Å²) >= 11 is 7.03. The van der Waals surface area contributed by atoms with Crippen LogP contribution in [0.1, 0.15) is 25.9 Å². The van der Waals surface area contributed by atoms with Gasteiger partial charge in [-0.3, -0.25) is 4.79 Å². The lowest BCUT2D eigenvalue weighted by molar-refractivity contribution is 0.0691. The molecular weight excluding hydrogens is 316 g/mol. The van der Waals surface area contributed by atoms with E-state index < -0.39 is 5.97 Å². The predicted molar refractivity (Wildman–Crippen MR) is 78.2 cm³/mol. The van der Waals surface area contributed by atoms with Gasteiger partial charge >= 0.3 is 5.97 Å².